The summed E-state index contributed by atoms with van der Waals surface area (Å²) in [7, 11) is 3.16. The predicted octanol–water partition coefficient (Wildman–Crippen LogP) is 4.23. The third-order valence-electron chi connectivity index (χ3n) is 4.70. The van der Waals surface area contributed by atoms with E-state index in [2.05, 4.69) is 4.98 Å². The van der Waals surface area contributed by atoms with Crippen molar-refractivity contribution < 1.29 is 4.74 Å². The summed E-state index contributed by atoms with van der Waals surface area (Å²) in [6, 6.07) is 11.9. The molecule has 2 heterocycles. The molecule has 0 saturated carbocycles. The fourth-order valence-electron chi connectivity index (χ4n) is 3.10. The van der Waals surface area contributed by atoms with Crippen molar-refractivity contribution >= 4 is 46.0 Å². The highest BCUT2D eigenvalue weighted by atomic mass is 35.5. The van der Waals surface area contributed by atoms with Gasteiger partial charge in [-0.1, -0.05) is 53.0 Å². The Hall–Kier alpha value is -2.74. The minimum Gasteiger partial charge on any atom is -0.424 e. The first-order valence-corrected chi connectivity index (χ1v) is 9.94. The smallest absolute Gasteiger partial charge is 0.332 e. The summed E-state index contributed by atoms with van der Waals surface area (Å²) in [5, 5.41) is 1.23. The molecule has 0 unspecified atom stereocenters. The van der Waals surface area contributed by atoms with Gasteiger partial charge in [-0.3, -0.25) is 18.5 Å². The number of ether oxygens (including phenoxy) is 1. The molecule has 4 aromatic rings. The molecule has 0 aliphatic carbocycles. The average molecular weight is 466 g/mol. The molecule has 10 heteroatoms. The van der Waals surface area contributed by atoms with E-state index in [9.17, 15) is 9.59 Å². The largest absolute Gasteiger partial charge is 0.424 e. The normalized spacial score (nSPS) is 11.2. The Balaban J connectivity index is 1.87. The number of aryl methyl sites for hydroxylation is 2. The number of imidazole rings is 1. The van der Waals surface area contributed by atoms with Crippen LogP contribution in [-0.4, -0.2) is 18.7 Å². The van der Waals surface area contributed by atoms with Gasteiger partial charge in [-0.25, -0.2) is 4.79 Å². The summed E-state index contributed by atoms with van der Waals surface area (Å²) in [5.41, 5.74) is 0.0309. The van der Waals surface area contributed by atoms with Crippen LogP contribution in [-0.2, 0) is 20.6 Å². The third-order valence-corrected chi connectivity index (χ3v) is 5.62. The monoisotopic (exact) mass is 464 g/mol. The second-order valence-corrected chi connectivity index (χ2v) is 7.88. The molecule has 0 bridgehead atoms. The Labute approximate surface area is 185 Å². The van der Waals surface area contributed by atoms with E-state index in [4.69, 9.17) is 39.5 Å². The van der Waals surface area contributed by atoms with E-state index in [0.717, 1.165) is 4.57 Å². The number of fused-ring (bicyclic) bond motifs is 1. The van der Waals surface area contributed by atoms with Crippen LogP contribution >= 0.6 is 34.8 Å². The van der Waals surface area contributed by atoms with E-state index < -0.39 is 11.2 Å². The molecule has 0 aliphatic rings. The summed E-state index contributed by atoms with van der Waals surface area (Å²) < 4.78 is 9.66. The van der Waals surface area contributed by atoms with Gasteiger partial charge in [0.1, 0.15) is 0 Å². The van der Waals surface area contributed by atoms with Crippen LogP contribution in [0.2, 0.25) is 15.1 Å². The summed E-state index contributed by atoms with van der Waals surface area (Å²) >= 11 is 18.4. The van der Waals surface area contributed by atoms with E-state index in [1.54, 1.807) is 43.4 Å². The van der Waals surface area contributed by atoms with E-state index >= 15 is 0 Å². The lowest BCUT2D eigenvalue weighted by Gasteiger charge is -2.10. The van der Waals surface area contributed by atoms with Gasteiger partial charge in [0.05, 0.1) is 11.6 Å². The zero-order valence-electron chi connectivity index (χ0n) is 15.9. The highest BCUT2D eigenvalue weighted by molar-refractivity contribution is 6.34. The topological polar surface area (TPSA) is 71.1 Å². The SMILES string of the molecule is Cn1c(Oc2cc(Cl)ccc2Cl)nc2c1c(=O)n(Cc1ccccc1Cl)c(=O)n2C. The average Bonchev–Trinajstić information content (AvgIpc) is 3.04. The lowest BCUT2D eigenvalue weighted by atomic mass is 10.2. The summed E-state index contributed by atoms with van der Waals surface area (Å²) in [6.45, 7) is 0.0304. The zero-order valence-corrected chi connectivity index (χ0v) is 18.2. The minimum atomic E-state index is -0.516. The summed E-state index contributed by atoms with van der Waals surface area (Å²) in [4.78, 5) is 30.3. The van der Waals surface area contributed by atoms with E-state index in [0.29, 0.717) is 20.6 Å². The number of halogens is 3. The van der Waals surface area contributed by atoms with Crippen molar-refractivity contribution in [3.05, 3.63) is 83.9 Å². The van der Waals surface area contributed by atoms with Crippen LogP contribution < -0.4 is 16.0 Å². The van der Waals surface area contributed by atoms with Crippen molar-refractivity contribution in [3.63, 3.8) is 0 Å². The molecule has 0 spiro atoms. The van der Waals surface area contributed by atoms with Crippen molar-refractivity contribution in [2.45, 2.75) is 6.54 Å². The van der Waals surface area contributed by atoms with Crippen LogP contribution in [0.4, 0.5) is 0 Å². The van der Waals surface area contributed by atoms with Crippen molar-refractivity contribution in [2.24, 2.45) is 14.1 Å². The summed E-state index contributed by atoms with van der Waals surface area (Å²) in [6.07, 6.45) is 0. The van der Waals surface area contributed by atoms with Crippen LogP contribution in [0.3, 0.4) is 0 Å². The number of rotatable bonds is 4. The van der Waals surface area contributed by atoms with Gasteiger partial charge in [-0.2, -0.15) is 4.98 Å². The fraction of sp³-hybridized carbons (Fsp3) is 0.150. The van der Waals surface area contributed by atoms with Gasteiger partial charge in [0, 0.05) is 30.2 Å². The van der Waals surface area contributed by atoms with Crippen LogP contribution in [0, 0.1) is 0 Å². The molecule has 0 radical (unpaired) electrons. The van der Waals surface area contributed by atoms with Gasteiger partial charge >= 0.3 is 11.7 Å². The molecule has 4 rings (SSSR count). The van der Waals surface area contributed by atoms with Gasteiger partial charge in [-0.15, -0.1) is 0 Å². The highest BCUT2D eigenvalue weighted by Crippen LogP contribution is 2.32. The lowest BCUT2D eigenvalue weighted by molar-refractivity contribution is 0.427. The molecular formula is C20H15Cl3N4O3. The second kappa shape index (κ2) is 7.83. The standard InChI is InChI=1S/C20H15Cl3N4O3/c1-25-16-17(24-19(25)30-15-9-12(21)7-8-14(15)23)26(2)20(29)27(18(16)28)10-11-5-3-4-6-13(11)22/h3-9H,10H2,1-2H3. The number of benzene rings is 2. The molecule has 0 atom stereocenters. The predicted molar refractivity (Wildman–Crippen MR) is 117 cm³/mol. The number of aromatic nitrogens is 4. The molecule has 0 N–H and O–H groups in total. The molecular weight excluding hydrogens is 451 g/mol. The number of hydrogen-bond acceptors (Lipinski definition) is 4. The van der Waals surface area contributed by atoms with Crippen LogP contribution in [0.15, 0.2) is 52.1 Å². The van der Waals surface area contributed by atoms with Gasteiger partial charge in [0.15, 0.2) is 16.9 Å². The lowest BCUT2D eigenvalue weighted by Crippen LogP contribution is -2.39. The van der Waals surface area contributed by atoms with Gasteiger partial charge in [0.2, 0.25) is 0 Å². The first kappa shape index (κ1) is 20.5. The Morgan fingerprint density at radius 3 is 2.43 bits per heavy atom. The number of nitrogens with zero attached hydrogens (tertiary/aromatic N) is 4. The minimum absolute atomic E-state index is 0.0304. The maximum absolute atomic E-state index is 13.2. The third kappa shape index (κ3) is 3.49. The molecule has 7 nitrogen and oxygen atoms in total. The molecule has 154 valence electrons. The molecule has 30 heavy (non-hydrogen) atoms. The second-order valence-electron chi connectivity index (χ2n) is 6.63. The Bertz CT molecular complexity index is 1410. The maximum Gasteiger partial charge on any atom is 0.332 e. The van der Waals surface area contributed by atoms with E-state index in [1.807, 2.05) is 0 Å². The molecule has 0 amide bonds. The Morgan fingerprint density at radius 2 is 1.70 bits per heavy atom. The first-order chi connectivity index (χ1) is 14.3. The first-order valence-electron chi connectivity index (χ1n) is 8.80. The van der Waals surface area contributed by atoms with E-state index in [1.165, 1.54) is 22.2 Å². The van der Waals surface area contributed by atoms with Crippen molar-refractivity contribution in [1.29, 1.82) is 0 Å². The molecule has 0 saturated heterocycles. The zero-order chi connectivity index (χ0) is 21.6. The van der Waals surface area contributed by atoms with Crippen molar-refractivity contribution in [2.75, 3.05) is 0 Å². The van der Waals surface area contributed by atoms with Crippen LogP contribution in [0.25, 0.3) is 11.2 Å². The molecule has 0 aliphatic heterocycles. The highest BCUT2D eigenvalue weighted by Gasteiger charge is 2.20. The Kier molecular flexibility index (Phi) is 5.36. The van der Waals surface area contributed by atoms with E-state index in [-0.39, 0.29) is 29.5 Å². The quantitative estimate of drug-likeness (QED) is 0.452. The van der Waals surface area contributed by atoms with Crippen molar-refractivity contribution in [1.82, 2.24) is 18.7 Å². The van der Waals surface area contributed by atoms with Crippen LogP contribution in [0.5, 0.6) is 11.8 Å². The fourth-order valence-corrected chi connectivity index (χ4v) is 3.62. The molecule has 0 fully saturated rings. The number of hydrogen-bond donors (Lipinski definition) is 0. The molecule has 2 aromatic carbocycles. The van der Waals surface area contributed by atoms with Gasteiger partial charge in [0.25, 0.3) is 5.56 Å². The van der Waals surface area contributed by atoms with Gasteiger partial charge < -0.3 is 4.74 Å². The van der Waals surface area contributed by atoms with Crippen molar-refractivity contribution in [3.8, 4) is 11.8 Å². The van der Waals surface area contributed by atoms with Crippen LogP contribution in [0.1, 0.15) is 5.56 Å². The molecule has 2 aromatic heterocycles. The Morgan fingerprint density at radius 1 is 0.967 bits per heavy atom. The van der Waals surface area contributed by atoms with Gasteiger partial charge in [-0.05, 0) is 23.8 Å². The maximum atomic E-state index is 13.2. The summed E-state index contributed by atoms with van der Waals surface area (Å²) in [5.74, 6) is 0.281.